The minimum atomic E-state index is 0.0687. The number of carbonyl (C=O) groups excluding carboxylic acids is 1. The lowest BCUT2D eigenvalue weighted by Crippen LogP contribution is -2.28. The van der Waals surface area contributed by atoms with Crippen LogP contribution in [0.4, 0.5) is 0 Å². The summed E-state index contributed by atoms with van der Waals surface area (Å²) in [6.45, 7) is 5.01. The lowest BCUT2D eigenvalue weighted by atomic mass is 10.1. The molecule has 0 aliphatic heterocycles. The minimum absolute atomic E-state index is 0.0687. The van der Waals surface area contributed by atoms with Gasteiger partial charge in [-0.1, -0.05) is 19.9 Å². The van der Waals surface area contributed by atoms with Gasteiger partial charge in [0.05, 0.1) is 13.7 Å². The van der Waals surface area contributed by atoms with Crippen molar-refractivity contribution in [1.82, 2.24) is 5.32 Å². The summed E-state index contributed by atoms with van der Waals surface area (Å²) in [7, 11) is 1.62. The van der Waals surface area contributed by atoms with Crippen molar-refractivity contribution >= 4 is 5.91 Å². The largest absolute Gasteiger partial charge is 0.497 e. The lowest BCUT2D eigenvalue weighted by Gasteiger charge is -2.09. The fourth-order valence-corrected chi connectivity index (χ4v) is 1.49. The molecular weight excluding hydrogens is 230 g/mol. The first kappa shape index (κ1) is 14.4. The van der Waals surface area contributed by atoms with Crippen LogP contribution < -0.4 is 14.8 Å². The van der Waals surface area contributed by atoms with Gasteiger partial charge < -0.3 is 14.8 Å². The smallest absolute Gasteiger partial charge is 0.220 e. The second-order valence-corrected chi connectivity index (χ2v) is 4.48. The van der Waals surface area contributed by atoms with Crippen molar-refractivity contribution in [3.8, 4) is 11.5 Å². The van der Waals surface area contributed by atoms with Crippen molar-refractivity contribution in [3.63, 3.8) is 0 Å². The summed E-state index contributed by atoms with van der Waals surface area (Å²) < 4.78 is 10.6. The maximum absolute atomic E-state index is 11.4. The highest BCUT2D eigenvalue weighted by molar-refractivity contribution is 5.75. The minimum Gasteiger partial charge on any atom is -0.497 e. The molecule has 0 spiro atoms. The molecule has 100 valence electrons. The fourth-order valence-electron chi connectivity index (χ4n) is 1.49. The van der Waals surface area contributed by atoms with E-state index >= 15 is 0 Å². The first-order valence-corrected chi connectivity index (χ1v) is 6.15. The topological polar surface area (TPSA) is 47.6 Å². The number of benzene rings is 1. The maximum Gasteiger partial charge on any atom is 0.220 e. The molecule has 0 saturated heterocycles. The van der Waals surface area contributed by atoms with Crippen molar-refractivity contribution in [2.75, 3.05) is 20.3 Å². The Bertz CT molecular complexity index is 377. The number of carbonyl (C=O) groups is 1. The van der Waals surface area contributed by atoms with Gasteiger partial charge in [0.15, 0.2) is 0 Å². The third-order valence-electron chi connectivity index (χ3n) is 2.33. The number of hydrogen-bond donors (Lipinski definition) is 1. The molecule has 0 bridgehead atoms. The predicted octanol–water partition coefficient (Wildman–Crippen LogP) is 2.24. The molecule has 1 aromatic carbocycles. The molecule has 1 rings (SSSR count). The molecule has 0 unspecified atom stereocenters. The van der Waals surface area contributed by atoms with Crippen LogP contribution in [0.15, 0.2) is 24.3 Å². The van der Waals surface area contributed by atoms with E-state index in [1.165, 1.54) is 0 Å². The highest BCUT2D eigenvalue weighted by Crippen LogP contribution is 2.18. The van der Waals surface area contributed by atoms with E-state index in [0.717, 1.165) is 11.5 Å². The van der Waals surface area contributed by atoms with Gasteiger partial charge in [-0.3, -0.25) is 4.79 Å². The molecule has 0 aliphatic rings. The van der Waals surface area contributed by atoms with Crippen LogP contribution in [0.5, 0.6) is 11.5 Å². The van der Waals surface area contributed by atoms with Crippen LogP contribution in [0.3, 0.4) is 0 Å². The molecule has 0 aromatic heterocycles. The fraction of sp³-hybridized carbons (Fsp3) is 0.500. The molecule has 0 aliphatic carbocycles. The SMILES string of the molecule is COc1cccc(OCCNC(=O)CC(C)C)c1. The van der Waals surface area contributed by atoms with Gasteiger partial charge in [-0.15, -0.1) is 0 Å². The Morgan fingerprint density at radius 1 is 1.33 bits per heavy atom. The number of hydrogen-bond acceptors (Lipinski definition) is 3. The maximum atomic E-state index is 11.4. The van der Waals surface area contributed by atoms with Gasteiger partial charge in [-0.2, -0.15) is 0 Å². The van der Waals surface area contributed by atoms with Crippen LogP contribution in [0.1, 0.15) is 20.3 Å². The first-order chi connectivity index (χ1) is 8.61. The molecule has 0 fully saturated rings. The van der Waals surface area contributed by atoms with Gasteiger partial charge in [-0.25, -0.2) is 0 Å². The Balaban J connectivity index is 2.23. The molecule has 1 aromatic rings. The molecule has 0 heterocycles. The van der Waals surface area contributed by atoms with Gasteiger partial charge in [0, 0.05) is 12.5 Å². The van der Waals surface area contributed by atoms with Crippen LogP contribution in [0.25, 0.3) is 0 Å². The van der Waals surface area contributed by atoms with E-state index in [0.29, 0.717) is 25.5 Å². The molecule has 18 heavy (non-hydrogen) atoms. The van der Waals surface area contributed by atoms with Gasteiger partial charge in [-0.05, 0) is 18.1 Å². The van der Waals surface area contributed by atoms with Crippen molar-refractivity contribution in [2.45, 2.75) is 20.3 Å². The van der Waals surface area contributed by atoms with Crippen LogP contribution in [-0.4, -0.2) is 26.2 Å². The summed E-state index contributed by atoms with van der Waals surface area (Å²) in [5.41, 5.74) is 0. The van der Waals surface area contributed by atoms with Gasteiger partial charge in [0.25, 0.3) is 0 Å². The average molecular weight is 251 g/mol. The summed E-state index contributed by atoms with van der Waals surface area (Å²) in [5, 5.41) is 2.82. The van der Waals surface area contributed by atoms with Crippen molar-refractivity contribution < 1.29 is 14.3 Å². The molecule has 1 N–H and O–H groups in total. The molecule has 0 saturated carbocycles. The van der Waals surface area contributed by atoms with Crippen LogP contribution in [0, 0.1) is 5.92 Å². The second-order valence-electron chi connectivity index (χ2n) is 4.48. The predicted molar refractivity (Wildman–Crippen MR) is 71.0 cm³/mol. The number of rotatable bonds is 7. The Labute approximate surface area is 108 Å². The third kappa shape index (κ3) is 5.57. The zero-order valence-electron chi connectivity index (χ0n) is 11.2. The van der Waals surface area contributed by atoms with E-state index in [4.69, 9.17) is 9.47 Å². The van der Waals surface area contributed by atoms with Gasteiger partial charge >= 0.3 is 0 Å². The highest BCUT2D eigenvalue weighted by Gasteiger charge is 2.03. The summed E-state index contributed by atoms with van der Waals surface area (Å²) in [6, 6.07) is 7.40. The molecule has 4 nitrogen and oxygen atoms in total. The average Bonchev–Trinajstić information content (AvgIpc) is 2.34. The summed E-state index contributed by atoms with van der Waals surface area (Å²) in [5.74, 6) is 1.95. The Morgan fingerprint density at radius 2 is 2.06 bits per heavy atom. The Morgan fingerprint density at radius 3 is 2.72 bits per heavy atom. The number of ether oxygens (including phenoxy) is 2. The Hall–Kier alpha value is -1.71. The standard InChI is InChI=1S/C14H21NO3/c1-11(2)9-14(16)15-7-8-18-13-6-4-5-12(10-13)17-3/h4-6,10-11H,7-9H2,1-3H3,(H,15,16). The van der Waals surface area contributed by atoms with Crippen LogP contribution in [-0.2, 0) is 4.79 Å². The quantitative estimate of drug-likeness (QED) is 0.756. The molecule has 0 radical (unpaired) electrons. The van der Waals surface area contributed by atoms with Crippen LogP contribution in [0.2, 0.25) is 0 Å². The monoisotopic (exact) mass is 251 g/mol. The van der Waals surface area contributed by atoms with E-state index in [-0.39, 0.29) is 5.91 Å². The van der Waals surface area contributed by atoms with Crippen molar-refractivity contribution in [3.05, 3.63) is 24.3 Å². The van der Waals surface area contributed by atoms with E-state index in [1.54, 1.807) is 7.11 Å². The van der Waals surface area contributed by atoms with E-state index in [1.807, 2.05) is 38.1 Å². The zero-order chi connectivity index (χ0) is 13.4. The van der Waals surface area contributed by atoms with Crippen molar-refractivity contribution in [2.24, 2.45) is 5.92 Å². The zero-order valence-corrected chi connectivity index (χ0v) is 11.2. The van der Waals surface area contributed by atoms with Crippen molar-refractivity contribution in [1.29, 1.82) is 0 Å². The van der Waals surface area contributed by atoms with E-state index in [2.05, 4.69) is 5.32 Å². The normalized spacial score (nSPS) is 10.2. The van der Waals surface area contributed by atoms with E-state index < -0.39 is 0 Å². The number of methoxy groups -OCH3 is 1. The van der Waals surface area contributed by atoms with E-state index in [9.17, 15) is 4.79 Å². The summed E-state index contributed by atoms with van der Waals surface area (Å²) >= 11 is 0. The lowest BCUT2D eigenvalue weighted by molar-refractivity contribution is -0.121. The highest BCUT2D eigenvalue weighted by atomic mass is 16.5. The number of amides is 1. The summed E-state index contributed by atoms with van der Waals surface area (Å²) in [6.07, 6.45) is 0.555. The molecule has 0 atom stereocenters. The number of nitrogens with one attached hydrogen (secondary N) is 1. The second kappa shape index (κ2) is 7.58. The van der Waals surface area contributed by atoms with Crippen LogP contribution >= 0.6 is 0 Å². The summed E-state index contributed by atoms with van der Waals surface area (Å²) in [4.78, 5) is 11.4. The molecule has 4 heteroatoms. The first-order valence-electron chi connectivity index (χ1n) is 6.15. The van der Waals surface area contributed by atoms with Gasteiger partial charge in [0.1, 0.15) is 18.1 Å². The molecular formula is C14H21NO3. The molecule has 1 amide bonds. The Kier molecular flexibility index (Phi) is 6.05. The van der Waals surface area contributed by atoms with Gasteiger partial charge in [0.2, 0.25) is 5.91 Å². The third-order valence-corrected chi connectivity index (χ3v) is 2.33.